The predicted octanol–water partition coefficient (Wildman–Crippen LogP) is 1.97. The van der Waals surface area contributed by atoms with Gasteiger partial charge in [0, 0.05) is 12.6 Å². The number of hydrogen-bond acceptors (Lipinski definition) is 3. The maximum atomic E-state index is 11.9. The number of halogens is 3. The number of carbonyl (C=O) groups is 2. The van der Waals surface area contributed by atoms with Crippen molar-refractivity contribution in [3.8, 4) is 0 Å². The van der Waals surface area contributed by atoms with Crippen LogP contribution in [0.25, 0.3) is 0 Å². The molecule has 5 nitrogen and oxygen atoms in total. The van der Waals surface area contributed by atoms with Crippen LogP contribution in [-0.2, 0) is 9.53 Å². The predicted molar refractivity (Wildman–Crippen MR) is 64.9 cm³/mol. The van der Waals surface area contributed by atoms with Crippen LogP contribution in [0, 0.1) is 5.92 Å². The lowest BCUT2D eigenvalue weighted by Crippen LogP contribution is -2.50. The first-order valence-corrected chi connectivity index (χ1v) is 6.32. The Balaban J connectivity index is 2.17. The molecule has 0 aromatic rings. The molecule has 1 rings (SSSR count). The summed E-state index contributed by atoms with van der Waals surface area (Å²) >= 11 is 0. The minimum absolute atomic E-state index is 0.0369. The summed E-state index contributed by atoms with van der Waals surface area (Å²) in [5.41, 5.74) is -0.589. The van der Waals surface area contributed by atoms with Crippen LogP contribution in [0.4, 0.5) is 18.0 Å². The highest BCUT2D eigenvalue weighted by Crippen LogP contribution is 2.27. The van der Waals surface area contributed by atoms with Gasteiger partial charge in [-0.25, -0.2) is 4.79 Å². The summed E-state index contributed by atoms with van der Waals surface area (Å²) in [7, 11) is 0. The molecule has 1 aliphatic carbocycles. The Hall–Kier alpha value is -1.47. The van der Waals surface area contributed by atoms with E-state index in [0.717, 1.165) is 0 Å². The van der Waals surface area contributed by atoms with E-state index < -0.39 is 23.8 Å². The lowest BCUT2D eigenvalue weighted by Gasteiger charge is -2.36. The molecule has 0 bridgehead atoms. The molecule has 20 heavy (non-hydrogen) atoms. The van der Waals surface area contributed by atoms with Gasteiger partial charge in [0.15, 0.2) is 0 Å². The standard InChI is InChI=1S/C12H19F3N2O3/c1-11(2,3)20-10(19)17-8-4-7(5-8)6-16-9(18)12(13,14)15/h7-8H,4-6H2,1-3H3,(H,16,18)(H,17,19). The number of alkyl halides is 3. The number of nitrogens with one attached hydrogen (secondary N) is 2. The van der Waals surface area contributed by atoms with Crippen molar-refractivity contribution >= 4 is 12.0 Å². The van der Waals surface area contributed by atoms with Crippen LogP contribution in [0.3, 0.4) is 0 Å². The van der Waals surface area contributed by atoms with Crippen molar-refractivity contribution in [2.24, 2.45) is 5.92 Å². The molecule has 0 unspecified atom stereocenters. The molecule has 0 saturated heterocycles. The van der Waals surface area contributed by atoms with E-state index in [-0.39, 0.29) is 18.5 Å². The van der Waals surface area contributed by atoms with Crippen molar-refractivity contribution in [3.05, 3.63) is 0 Å². The molecule has 0 spiro atoms. The summed E-state index contributed by atoms with van der Waals surface area (Å²) in [5, 5.41) is 4.45. The van der Waals surface area contributed by atoms with Gasteiger partial charge in [0.05, 0.1) is 0 Å². The molecular weight excluding hydrogens is 277 g/mol. The molecule has 116 valence electrons. The van der Waals surface area contributed by atoms with Gasteiger partial charge in [0.25, 0.3) is 0 Å². The lowest BCUT2D eigenvalue weighted by molar-refractivity contribution is -0.173. The second kappa shape index (κ2) is 5.88. The van der Waals surface area contributed by atoms with Crippen molar-refractivity contribution in [2.45, 2.75) is 51.4 Å². The minimum Gasteiger partial charge on any atom is -0.444 e. The van der Waals surface area contributed by atoms with Crippen molar-refractivity contribution in [1.29, 1.82) is 0 Å². The third kappa shape index (κ3) is 5.66. The fourth-order valence-electron chi connectivity index (χ4n) is 1.83. The molecule has 1 fully saturated rings. The van der Waals surface area contributed by atoms with Crippen LogP contribution in [0.15, 0.2) is 0 Å². The summed E-state index contributed by atoms with van der Waals surface area (Å²) in [6, 6.07) is -0.113. The molecule has 2 N–H and O–H groups in total. The second-order valence-electron chi connectivity index (χ2n) is 5.89. The summed E-state index contributed by atoms with van der Waals surface area (Å²) in [6.07, 6.45) is -4.34. The summed E-state index contributed by atoms with van der Waals surface area (Å²) in [4.78, 5) is 22.0. The Labute approximate surface area is 115 Å². The van der Waals surface area contributed by atoms with Gasteiger partial charge < -0.3 is 15.4 Å². The van der Waals surface area contributed by atoms with E-state index >= 15 is 0 Å². The molecule has 1 aliphatic rings. The lowest BCUT2D eigenvalue weighted by atomic mass is 9.80. The van der Waals surface area contributed by atoms with Gasteiger partial charge in [0.2, 0.25) is 0 Å². The zero-order valence-corrected chi connectivity index (χ0v) is 11.6. The molecular formula is C12H19F3N2O3. The maximum absolute atomic E-state index is 11.9. The van der Waals surface area contributed by atoms with E-state index in [1.165, 1.54) is 0 Å². The smallest absolute Gasteiger partial charge is 0.444 e. The first-order chi connectivity index (χ1) is 8.97. The fraction of sp³-hybridized carbons (Fsp3) is 0.833. The average molecular weight is 296 g/mol. The Kier molecular flexibility index (Phi) is 4.88. The van der Waals surface area contributed by atoms with Crippen molar-refractivity contribution in [3.63, 3.8) is 0 Å². The van der Waals surface area contributed by atoms with E-state index in [9.17, 15) is 22.8 Å². The minimum atomic E-state index is -4.85. The SMILES string of the molecule is CC(C)(C)OC(=O)NC1CC(CNC(=O)C(F)(F)F)C1. The summed E-state index contributed by atoms with van der Waals surface area (Å²) in [5.74, 6) is -1.98. The highest BCUT2D eigenvalue weighted by molar-refractivity contribution is 5.81. The van der Waals surface area contributed by atoms with Crippen LogP contribution in [0.1, 0.15) is 33.6 Å². The van der Waals surface area contributed by atoms with E-state index in [4.69, 9.17) is 4.74 Å². The second-order valence-corrected chi connectivity index (χ2v) is 5.89. The normalized spacial score (nSPS) is 22.7. The van der Waals surface area contributed by atoms with Crippen molar-refractivity contribution in [1.82, 2.24) is 10.6 Å². The molecule has 1 saturated carbocycles. The van der Waals surface area contributed by atoms with Gasteiger partial charge in [-0.05, 0) is 39.5 Å². The quantitative estimate of drug-likeness (QED) is 0.836. The number of rotatable bonds is 3. The molecule has 0 aliphatic heterocycles. The molecule has 2 amide bonds. The number of alkyl carbamates (subject to hydrolysis) is 1. The first kappa shape index (κ1) is 16.6. The van der Waals surface area contributed by atoms with Crippen LogP contribution in [0.2, 0.25) is 0 Å². The van der Waals surface area contributed by atoms with Gasteiger partial charge in [-0.2, -0.15) is 13.2 Å². The third-order valence-corrected chi connectivity index (χ3v) is 2.77. The number of amides is 2. The van der Waals surface area contributed by atoms with Crippen molar-refractivity contribution < 1.29 is 27.5 Å². The largest absolute Gasteiger partial charge is 0.471 e. The Morgan fingerprint density at radius 1 is 1.20 bits per heavy atom. The van der Waals surface area contributed by atoms with Gasteiger partial charge >= 0.3 is 18.2 Å². The molecule has 0 heterocycles. The van der Waals surface area contributed by atoms with Crippen LogP contribution >= 0.6 is 0 Å². The Morgan fingerprint density at radius 3 is 2.20 bits per heavy atom. The number of ether oxygens (including phenoxy) is 1. The molecule has 0 radical (unpaired) electrons. The zero-order valence-electron chi connectivity index (χ0n) is 11.6. The Bertz CT molecular complexity index is 371. The maximum Gasteiger partial charge on any atom is 0.471 e. The van der Waals surface area contributed by atoms with Gasteiger partial charge in [-0.15, -0.1) is 0 Å². The van der Waals surface area contributed by atoms with E-state index in [1.807, 2.05) is 5.32 Å². The summed E-state index contributed by atoms with van der Waals surface area (Å²) in [6.45, 7) is 5.18. The van der Waals surface area contributed by atoms with Crippen LogP contribution < -0.4 is 10.6 Å². The fourth-order valence-corrected chi connectivity index (χ4v) is 1.83. The van der Waals surface area contributed by atoms with Gasteiger partial charge in [0.1, 0.15) is 5.60 Å². The van der Waals surface area contributed by atoms with Crippen LogP contribution in [-0.4, -0.2) is 36.4 Å². The summed E-state index contributed by atoms with van der Waals surface area (Å²) < 4.78 is 40.9. The highest BCUT2D eigenvalue weighted by Gasteiger charge is 2.39. The topological polar surface area (TPSA) is 67.4 Å². The van der Waals surface area contributed by atoms with Crippen molar-refractivity contribution in [2.75, 3.05) is 6.54 Å². The van der Waals surface area contributed by atoms with Gasteiger partial charge in [-0.3, -0.25) is 4.79 Å². The monoisotopic (exact) mass is 296 g/mol. The van der Waals surface area contributed by atoms with E-state index in [0.29, 0.717) is 12.8 Å². The highest BCUT2D eigenvalue weighted by atomic mass is 19.4. The van der Waals surface area contributed by atoms with Crippen LogP contribution in [0.5, 0.6) is 0 Å². The molecule has 0 aromatic heterocycles. The Morgan fingerprint density at radius 2 is 1.75 bits per heavy atom. The van der Waals surface area contributed by atoms with E-state index in [1.54, 1.807) is 20.8 Å². The van der Waals surface area contributed by atoms with Gasteiger partial charge in [-0.1, -0.05) is 0 Å². The number of hydrogen-bond donors (Lipinski definition) is 2. The zero-order chi connectivity index (χ0) is 15.6. The number of carbonyl (C=O) groups excluding carboxylic acids is 2. The third-order valence-electron chi connectivity index (χ3n) is 2.77. The molecule has 8 heteroatoms. The molecule has 0 aromatic carbocycles. The van der Waals surface area contributed by atoms with E-state index in [2.05, 4.69) is 5.32 Å². The first-order valence-electron chi connectivity index (χ1n) is 6.32. The molecule has 0 atom stereocenters. The average Bonchev–Trinajstić information content (AvgIpc) is 2.16.